The Kier molecular flexibility index (Phi) is 4.66. The van der Waals surface area contributed by atoms with E-state index in [1.807, 2.05) is 6.07 Å². The molecule has 1 fully saturated rings. The lowest BCUT2D eigenvalue weighted by atomic mass is 9.92. The van der Waals surface area contributed by atoms with Crippen molar-refractivity contribution in [2.24, 2.45) is 5.73 Å². The van der Waals surface area contributed by atoms with Crippen LogP contribution in [-0.4, -0.2) is 20.5 Å². The van der Waals surface area contributed by atoms with E-state index in [2.05, 4.69) is 4.72 Å². The molecule has 0 heterocycles. The van der Waals surface area contributed by atoms with Crippen molar-refractivity contribution < 1.29 is 8.42 Å². The summed E-state index contributed by atoms with van der Waals surface area (Å²) in [6.07, 6.45) is 3.53. The second-order valence-electron chi connectivity index (χ2n) is 4.93. The van der Waals surface area contributed by atoms with Crippen molar-refractivity contribution in [1.29, 1.82) is 5.26 Å². The SMILES string of the molecule is N#Cc1ccc(S(=O)(=O)N[C@@H]2CCCC[C@H]2N)c(Cl)c1. The quantitative estimate of drug-likeness (QED) is 0.888. The molecule has 0 aliphatic heterocycles. The third-order valence-corrected chi connectivity index (χ3v) is 5.45. The zero-order valence-corrected chi connectivity index (χ0v) is 12.4. The van der Waals surface area contributed by atoms with E-state index < -0.39 is 10.0 Å². The molecule has 1 aromatic carbocycles. The summed E-state index contributed by atoms with van der Waals surface area (Å²) >= 11 is 5.95. The monoisotopic (exact) mass is 313 g/mol. The lowest BCUT2D eigenvalue weighted by Gasteiger charge is -2.29. The second-order valence-corrected chi connectivity index (χ2v) is 7.02. The molecule has 0 saturated heterocycles. The highest BCUT2D eigenvalue weighted by atomic mass is 35.5. The number of halogens is 1. The number of nitrogens with zero attached hydrogens (tertiary/aromatic N) is 1. The van der Waals surface area contributed by atoms with Crippen molar-refractivity contribution in [2.75, 3.05) is 0 Å². The predicted molar refractivity (Wildman–Crippen MR) is 76.7 cm³/mol. The van der Waals surface area contributed by atoms with Gasteiger partial charge in [0.05, 0.1) is 16.7 Å². The average molecular weight is 314 g/mol. The van der Waals surface area contributed by atoms with Gasteiger partial charge in [-0.25, -0.2) is 13.1 Å². The summed E-state index contributed by atoms with van der Waals surface area (Å²) in [7, 11) is -3.72. The van der Waals surface area contributed by atoms with Crippen LogP contribution in [0, 0.1) is 11.3 Å². The maximum Gasteiger partial charge on any atom is 0.242 e. The van der Waals surface area contributed by atoms with Crippen molar-refractivity contribution >= 4 is 21.6 Å². The molecule has 0 radical (unpaired) electrons. The van der Waals surface area contributed by atoms with Gasteiger partial charge in [0.1, 0.15) is 4.90 Å². The minimum atomic E-state index is -3.72. The largest absolute Gasteiger partial charge is 0.326 e. The van der Waals surface area contributed by atoms with Crippen LogP contribution in [0.3, 0.4) is 0 Å². The topological polar surface area (TPSA) is 96.0 Å². The normalized spacial score (nSPS) is 23.2. The van der Waals surface area contributed by atoms with E-state index in [0.29, 0.717) is 5.56 Å². The first-order valence-corrected chi connectivity index (χ1v) is 8.28. The van der Waals surface area contributed by atoms with Gasteiger partial charge < -0.3 is 5.73 Å². The maximum absolute atomic E-state index is 12.3. The first-order chi connectivity index (χ1) is 9.44. The molecule has 0 bridgehead atoms. The average Bonchev–Trinajstić information content (AvgIpc) is 2.40. The molecule has 2 atom stereocenters. The van der Waals surface area contributed by atoms with Crippen LogP contribution in [0.15, 0.2) is 23.1 Å². The lowest BCUT2D eigenvalue weighted by molar-refractivity contribution is 0.361. The van der Waals surface area contributed by atoms with Crippen molar-refractivity contribution in [3.05, 3.63) is 28.8 Å². The highest BCUT2D eigenvalue weighted by Crippen LogP contribution is 2.24. The van der Waals surface area contributed by atoms with Crippen LogP contribution < -0.4 is 10.5 Å². The van der Waals surface area contributed by atoms with E-state index in [1.165, 1.54) is 18.2 Å². The summed E-state index contributed by atoms with van der Waals surface area (Å²) in [5.41, 5.74) is 6.27. The molecule has 1 aliphatic rings. The van der Waals surface area contributed by atoms with Crippen LogP contribution in [-0.2, 0) is 10.0 Å². The number of rotatable bonds is 3. The van der Waals surface area contributed by atoms with Gasteiger partial charge in [-0.1, -0.05) is 24.4 Å². The van der Waals surface area contributed by atoms with Crippen LogP contribution in [0.1, 0.15) is 31.2 Å². The lowest BCUT2D eigenvalue weighted by Crippen LogP contribution is -2.49. The van der Waals surface area contributed by atoms with Crippen molar-refractivity contribution in [2.45, 2.75) is 42.7 Å². The van der Waals surface area contributed by atoms with Gasteiger partial charge in [0.25, 0.3) is 0 Å². The van der Waals surface area contributed by atoms with Gasteiger partial charge in [0, 0.05) is 12.1 Å². The smallest absolute Gasteiger partial charge is 0.242 e. The molecule has 0 spiro atoms. The van der Waals surface area contributed by atoms with Crippen LogP contribution in [0.25, 0.3) is 0 Å². The van der Waals surface area contributed by atoms with E-state index in [-0.39, 0.29) is 22.0 Å². The van der Waals surface area contributed by atoms with Crippen LogP contribution in [0.2, 0.25) is 5.02 Å². The molecule has 108 valence electrons. The van der Waals surface area contributed by atoms with Gasteiger partial charge >= 0.3 is 0 Å². The number of benzene rings is 1. The Morgan fingerprint density at radius 1 is 1.35 bits per heavy atom. The molecule has 0 unspecified atom stereocenters. The van der Waals surface area contributed by atoms with E-state index in [9.17, 15) is 8.42 Å². The maximum atomic E-state index is 12.3. The molecule has 0 amide bonds. The fourth-order valence-electron chi connectivity index (χ4n) is 2.36. The van der Waals surface area contributed by atoms with E-state index in [0.717, 1.165) is 25.7 Å². The summed E-state index contributed by atoms with van der Waals surface area (Å²) in [6.45, 7) is 0. The Balaban J connectivity index is 2.24. The third-order valence-electron chi connectivity index (χ3n) is 3.48. The zero-order chi connectivity index (χ0) is 14.8. The number of nitrogens with two attached hydrogens (primary N) is 1. The number of hydrogen-bond donors (Lipinski definition) is 2. The molecule has 3 N–H and O–H groups in total. The fourth-order valence-corrected chi connectivity index (χ4v) is 4.22. The fraction of sp³-hybridized carbons (Fsp3) is 0.462. The van der Waals surface area contributed by atoms with Gasteiger partial charge in [0.15, 0.2) is 0 Å². The highest BCUT2D eigenvalue weighted by Gasteiger charge is 2.28. The second kappa shape index (κ2) is 6.10. The van der Waals surface area contributed by atoms with Gasteiger partial charge in [-0.15, -0.1) is 0 Å². The molecule has 1 aliphatic carbocycles. The van der Waals surface area contributed by atoms with E-state index >= 15 is 0 Å². The number of hydrogen-bond acceptors (Lipinski definition) is 4. The molecule has 0 aromatic heterocycles. The van der Waals surface area contributed by atoms with Gasteiger partial charge in [-0.2, -0.15) is 5.26 Å². The summed E-state index contributed by atoms with van der Waals surface area (Å²) < 4.78 is 27.3. The Labute approximate surface area is 123 Å². The number of nitrogens with one attached hydrogen (secondary N) is 1. The van der Waals surface area contributed by atoms with E-state index in [4.69, 9.17) is 22.6 Å². The summed E-state index contributed by atoms with van der Waals surface area (Å²) in [5.74, 6) is 0. The van der Waals surface area contributed by atoms with E-state index in [1.54, 1.807) is 0 Å². The van der Waals surface area contributed by atoms with Crippen LogP contribution >= 0.6 is 11.6 Å². The number of nitriles is 1. The van der Waals surface area contributed by atoms with Gasteiger partial charge in [-0.05, 0) is 31.0 Å². The number of sulfonamides is 1. The molecule has 2 rings (SSSR count). The summed E-state index contributed by atoms with van der Waals surface area (Å²) in [4.78, 5) is -0.0176. The summed E-state index contributed by atoms with van der Waals surface area (Å²) in [5, 5.41) is 8.80. The van der Waals surface area contributed by atoms with Crippen molar-refractivity contribution in [1.82, 2.24) is 4.72 Å². The van der Waals surface area contributed by atoms with Crippen molar-refractivity contribution in [3.8, 4) is 6.07 Å². The van der Waals surface area contributed by atoms with Crippen LogP contribution in [0.5, 0.6) is 0 Å². The standard InChI is InChI=1S/C13H16ClN3O2S/c14-10-7-9(8-15)5-6-13(10)20(18,19)17-12-4-2-1-3-11(12)16/h5-7,11-12,17H,1-4,16H2/t11-,12-/m1/s1. The molecular weight excluding hydrogens is 298 g/mol. The molecule has 20 heavy (non-hydrogen) atoms. The zero-order valence-electron chi connectivity index (χ0n) is 10.8. The molecule has 1 saturated carbocycles. The molecule has 5 nitrogen and oxygen atoms in total. The highest BCUT2D eigenvalue weighted by molar-refractivity contribution is 7.89. The minimum Gasteiger partial charge on any atom is -0.326 e. The van der Waals surface area contributed by atoms with Gasteiger partial charge in [-0.3, -0.25) is 0 Å². The Morgan fingerprint density at radius 3 is 2.65 bits per heavy atom. The Morgan fingerprint density at radius 2 is 2.05 bits per heavy atom. The first kappa shape index (κ1) is 15.3. The molecule has 1 aromatic rings. The molecule has 7 heteroatoms. The third kappa shape index (κ3) is 3.30. The Bertz CT molecular complexity index is 640. The van der Waals surface area contributed by atoms with Gasteiger partial charge in [0.2, 0.25) is 10.0 Å². The predicted octanol–water partition coefficient (Wildman–Crippen LogP) is 1.76. The molecular formula is C13H16ClN3O2S. The summed E-state index contributed by atoms with van der Waals surface area (Å²) in [6, 6.07) is 5.60. The minimum absolute atomic E-state index is 0.0176. The Hall–Kier alpha value is -1.13. The van der Waals surface area contributed by atoms with Crippen molar-refractivity contribution in [3.63, 3.8) is 0 Å². The first-order valence-electron chi connectivity index (χ1n) is 6.41. The van der Waals surface area contributed by atoms with Crippen LogP contribution in [0.4, 0.5) is 0 Å².